The molecule has 0 radical (unpaired) electrons. The number of ketones is 2. The van der Waals surface area contributed by atoms with E-state index in [9.17, 15) is 14.4 Å². The van der Waals surface area contributed by atoms with Crippen LogP contribution in [-0.4, -0.2) is 64.4 Å². The number of anilines is 2. The van der Waals surface area contributed by atoms with Crippen molar-refractivity contribution in [3.8, 4) is 0 Å². The van der Waals surface area contributed by atoms with E-state index in [0.717, 1.165) is 6.42 Å². The predicted octanol–water partition coefficient (Wildman–Crippen LogP) is 2.82. The molecule has 11 heteroatoms. The third kappa shape index (κ3) is 4.02. The summed E-state index contributed by atoms with van der Waals surface area (Å²) < 4.78 is 1.49. The average molecular weight is 497 g/mol. The van der Waals surface area contributed by atoms with Crippen LogP contribution < -0.4 is 5.32 Å². The Hall–Kier alpha value is -4.54. The molecule has 1 N–H and O–H groups in total. The molecule has 1 amide bonds. The molecular weight excluding hydrogens is 472 g/mol. The fourth-order valence-corrected chi connectivity index (χ4v) is 5.27. The van der Waals surface area contributed by atoms with E-state index in [1.54, 1.807) is 59.9 Å². The number of fused-ring (bicyclic) bond motifs is 2. The van der Waals surface area contributed by atoms with Crippen molar-refractivity contribution in [3.05, 3.63) is 66.4 Å². The number of hydrogen-bond donors (Lipinski definition) is 1. The van der Waals surface area contributed by atoms with E-state index in [-0.39, 0.29) is 41.2 Å². The summed E-state index contributed by atoms with van der Waals surface area (Å²) in [6, 6.07) is 9.83. The van der Waals surface area contributed by atoms with Gasteiger partial charge in [-0.2, -0.15) is 10.2 Å². The second-order valence-electron chi connectivity index (χ2n) is 9.86. The Balaban J connectivity index is 1.30. The van der Waals surface area contributed by atoms with Gasteiger partial charge in [0.2, 0.25) is 11.7 Å². The van der Waals surface area contributed by atoms with Gasteiger partial charge in [-0.15, -0.1) is 5.10 Å². The molecule has 6 rings (SSSR count). The number of Topliss-reactive ketones (excluding diaryl/α,β-unsaturated/α-hetero) is 2. The zero-order valence-corrected chi connectivity index (χ0v) is 20.3. The van der Waals surface area contributed by atoms with Crippen LogP contribution >= 0.6 is 0 Å². The maximum absolute atomic E-state index is 13.6. The Morgan fingerprint density at radius 2 is 1.95 bits per heavy atom. The third-order valence-corrected chi connectivity index (χ3v) is 7.23. The minimum atomic E-state index is -0.568. The van der Waals surface area contributed by atoms with Crippen molar-refractivity contribution in [2.24, 2.45) is 5.41 Å². The van der Waals surface area contributed by atoms with E-state index in [4.69, 9.17) is 0 Å². The number of amides is 1. The normalized spacial score (nSPS) is 22.1. The first-order chi connectivity index (χ1) is 17.8. The van der Waals surface area contributed by atoms with Crippen molar-refractivity contribution in [1.82, 2.24) is 34.8 Å². The number of piperidine rings is 1. The second-order valence-corrected chi connectivity index (χ2v) is 9.86. The number of likely N-dealkylation sites (tertiary alicyclic amines) is 1. The Kier molecular flexibility index (Phi) is 5.28. The zero-order chi connectivity index (χ0) is 25.7. The van der Waals surface area contributed by atoms with Crippen LogP contribution in [0.15, 0.2) is 55.0 Å². The summed E-state index contributed by atoms with van der Waals surface area (Å²) in [6.07, 6.45) is 6.19. The van der Waals surface area contributed by atoms with E-state index >= 15 is 0 Å². The number of aromatic nitrogens is 6. The molecule has 3 atom stereocenters. The van der Waals surface area contributed by atoms with Crippen molar-refractivity contribution in [3.63, 3.8) is 0 Å². The standard InChI is InChI=1S/C26H24N8O3/c1-15(35)24-16-10-22(30-21-7-5-9-29-31-21)28-13-19(16)33(32-24)14-23(36)34-18(11-26(2)12-20(26)34)25(37)17-6-3-4-8-27-17/h3-10,13,18,20H,11-12,14H2,1-2H3,(H,28,30,31)/t18-,20+,26-/m0/s1. The van der Waals surface area contributed by atoms with Crippen molar-refractivity contribution in [2.45, 2.75) is 45.3 Å². The lowest BCUT2D eigenvalue weighted by molar-refractivity contribution is -0.133. The van der Waals surface area contributed by atoms with Crippen LogP contribution in [0.2, 0.25) is 0 Å². The molecule has 0 bridgehead atoms. The number of pyridine rings is 2. The maximum Gasteiger partial charge on any atom is 0.245 e. The van der Waals surface area contributed by atoms with Crippen LogP contribution in [0.4, 0.5) is 11.6 Å². The lowest BCUT2D eigenvalue weighted by Crippen LogP contribution is -2.45. The highest BCUT2D eigenvalue weighted by Gasteiger charge is 2.64. The molecule has 11 nitrogen and oxygen atoms in total. The molecule has 1 aliphatic carbocycles. The Morgan fingerprint density at radius 3 is 2.68 bits per heavy atom. The number of carbonyl (C=O) groups is 3. The van der Waals surface area contributed by atoms with Gasteiger partial charge in [0.05, 0.1) is 17.8 Å². The van der Waals surface area contributed by atoms with Gasteiger partial charge < -0.3 is 10.2 Å². The summed E-state index contributed by atoms with van der Waals surface area (Å²) in [5.74, 6) is 0.370. The lowest BCUT2D eigenvalue weighted by Gasteiger charge is -2.26. The fourth-order valence-electron chi connectivity index (χ4n) is 5.27. The summed E-state index contributed by atoms with van der Waals surface area (Å²) in [5.41, 5.74) is 1.08. The first-order valence-electron chi connectivity index (χ1n) is 12.0. The first-order valence-corrected chi connectivity index (χ1v) is 12.0. The smallest absolute Gasteiger partial charge is 0.245 e. The SMILES string of the molecule is CC(=O)c1nn(CC(=O)N2[C@H](C(=O)c3ccccn3)C[C@@]3(C)C[C@@H]23)c2cnc(Nc3cccnn3)cc12. The highest BCUT2D eigenvalue weighted by Crippen LogP contribution is 2.59. The van der Waals surface area contributed by atoms with Crippen molar-refractivity contribution in [2.75, 3.05) is 5.32 Å². The molecule has 1 saturated carbocycles. The Morgan fingerprint density at radius 1 is 1.08 bits per heavy atom. The number of carbonyl (C=O) groups excluding carboxylic acids is 3. The van der Waals surface area contributed by atoms with Crippen LogP contribution in [0.1, 0.15) is 47.7 Å². The summed E-state index contributed by atoms with van der Waals surface area (Å²) in [4.78, 5) is 49.6. The summed E-state index contributed by atoms with van der Waals surface area (Å²) >= 11 is 0. The molecule has 2 fully saturated rings. The predicted molar refractivity (Wildman–Crippen MR) is 133 cm³/mol. The molecule has 0 aromatic carbocycles. The lowest BCUT2D eigenvalue weighted by atomic mass is 9.97. The van der Waals surface area contributed by atoms with E-state index in [1.807, 2.05) is 0 Å². The third-order valence-electron chi connectivity index (χ3n) is 7.23. The molecule has 0 unspecified atom stereocenters. The van der Waals surface area contributed by atoms with Gasteiger partial charge in [-0.1, -0.05) is 13.0 Å². The van der Waals surface area contributed by atoms with Crippen LogP contribution in [-0.2, 0) is 11.3 Å². The Bertz CT molecular complexity index is 1540. The van der Waals surface area contributed by atoms with E-state index in [0.29, 0.717) is 34.7 Å². The molecule has 1 saturated heterocycles. The molecule has 4 aromatic rings. The molecule has 5 heterocycles. The largest absolute Gasteiger partial charge is 0.327 e. The zero-order valence-electron chi connectivity index (χ0n) is 20.3. The maximum atomic E-state index is 13.6. The number of rotatable bonds is 7. The molecule has 1 aliphatic heterocycles. The monoisotopic (exact) mass is 496 g/mol. The fraction of sp³-hybridized carbons (Fsp3) is 0.308. The highest BCUT2D eigenvalue weighted by atomic mass is 16.2. The molecular formula is C26H24N8O3. The van der Waals surface area contributed by atoms with E-state index in [2.05, 4.69) is 37.5 Å². The Labute approximate surface area is 211 Å². The van der Waals surface area contributed by atoms with Gasteiger partial charge in [-0.25, -0.2) is 4.98 Å². The molecule has 186 valence electrons. The van der Waals surface area contributed by atoms with Crippen LogP contribution in [0.3, 0.4) is 0 Å². The summed E-state index contributed by atoms with van der Waals surface area (Å²) in [7, 11) is 0. The van der Waals surface area contributed by atoms with Crippen LogP contribution in [0.25, 0.3) is 10.9 Å². The van der Waals surface area contributed by atoms with Crippen LogP contribution in [0.5, 0.6) is 0 Å². The van der Waals surface area contributed by atoms with Crippen LogP contribution in [0, 0.1) is 5.41 Å². The second kappa shape index (κ2) is 8.54. The van der Waals surface area contributed by atoms with Gasteiger partial charge in [0.15, 0.2) is 11.6 Å². The summed E-state index contributed by atoms with van der Waals surface area (Å²) in [6.45, 7) is 3.43. The number of nitrogens with zero attached hydrogens (tertiary/aromatic N) is 7. The quantitative estimate of drug-likeness (QED) is 0.383. The van der Waals surface area contributed by atoms with Crippen molar-refractivity contribution in [1.29, 1.82) is 0 Å². The minimum absolute atomic E-state index is 0.00711. The van der Waals surface area contributed by atoms with Gasteiger partial charge in [-0.3, -0.25) is 24.0 Å². The van der Waals surface area contributed by atoms with Gasteiger partial charge in [0.25, 0.3) is 0 Å². The molecule has 4 aromatic heterocycles. The highest BCUT2D eigenvalue weighted by molar-refractivity contribution is 6.06. The number of nitrogens with one attached hydrogen (secondary N) is 1. The summed E-state index contributed by atoms with van der Waals surface area (Å²) in [5, 5.41) is 15.9. The minimum Gasteiger partial charge on any atom is -0.327 e. The average Bonchev–Trinajstić information content (AvgIpc) is 3.27. The molecule has 37 heavy (non-hydrogen) atoms. The first kappa shape index (κ1) is 22.9. The van der Waals surface area contributed by atoms with Gasteiger partial charge in [-0.05, 0) is 48.6 Å². The molecule has 0 spiro atoms. The van der Waals surface area contributed by atoms with Crippen molar-refractivity contribution < 1.29 is 14.4 Å². The van der Waals surface area contributed by atoms with E-state index in [1.165, 1.54) is 11.6 Å². The number of hydrogen-bond acceptors (Lipinski definition) is 9. The van der Waals surface area contributed by atoms with Crippen molar-refractivity contribution >= 4 is 40.0 Å². The van der Waals surface area contributed by atoms with E-state index < -0.39 is 6.04 Å². The van der Waals surface area contributed by atoms with Gasteiger partial charge >= 0.3 is 0 Å². The topological polar surface area (TPSA) is 136 Å². The molecule has 2 aliphatic rings. The van der Waals surface area contributed by atoms with Gasteiger partial charge in [0, 0.05) is 30.7 Å². The van der Waals surface area contributed by atoms with Gasteiger partial charge in [0.1, 0.15) is 23.8 Å².